The van der Waals surface area contributed by atoms with E-state index in [9.17, 15) is 4.79 Å². The zero-order valence-electron chi connectivity index (χ0n) is 19.3. The Morgan fingerprint density at radius 2 is 1.72 bits per heavy atom. The minimum absolute atomic E-state index is 0.102. The van der Waals surface area contributed by atoms with Gasteiger partial charge in [0.15, 0.2) is 0 Å². The highest BCUT2D eigenvalue weighted by atomic mass is 16.6. The summed E-state index contributed by atoms with van der Waals surface area (Å²) in [5.41, 5.74) is 1.43. The maximum absolute atomic E-state index is 12.9. The second kappa shape index (κ2) is 6.86. The first kappa shape index (κ1) is 20.6. The van der Waals surface area contributed by atoms with E-state index < -0.39 is 16.7 Å². The smallest absolute Gasteiger partial charge is 0.326 e. The molecule has 2 aliphatic heterocycles. The van der Waals surface area contributed by atoms with Crippen molar-refractivity contribution in [3.05, 3.63) is 77.9 Å². The third-order valence-electron chi connectivity index (χ3n) is 6.54. The molecule has 0 N–H and O–H groups in total. The van der Waals surface area contributed by atoms with Crippen molar-refractivity contribution in [3.63, 3.8) is 0 Å². The molecule has 2 heterocycles. The SMILES string of the molecule is CC(C)(C)OC(=O)CN1c2ccccc2C(C)(C)C12C=Cc1c(ccc3ccccc13)O2. The van der Waals surface area contributed by atoms with Crippen LogP contribution in [0.2, 0.25) is 0 Å². The molecule has 0 aliphatic carbocycles. The molecule has 5 rings (SSSR count). The van der Waals surface area contributed by atoms with E-state index in [1.54, 1.807) is 0 Å². The molecule has 3 aromatic carbocycles. The molecule has 0 amide bonds. The molecule has 0 bridgehead atoms. The normalized spacial score (nSPS) is 20.7. The van der Waals surface area contributed by atoms with Crippen LogP contribution in [-0.4, -0.2) is 23.8 Å². The molecule has 4 heteroatoms. The lowest BCUT2D eigenvalue weighted by Crippen LogP contribution is -2.60. The average Bonchev–Trinajstić information content (AvgIpc) is 2.91. The largest absolute Gasteiger partial charge is 0.463 e. The summed E-state index contributed by atoms with van der Waals surface area (Å²) in [6.07, 6.45) is 4.27. The molecular formula is C28H29NO3. The first-order chi connectivity index (χ1) is 15.1. The van der Waals surface area contributed by atoms with Gasteiger partial charge in [-0.15, -0.1) is 0 Å². The van der Waals surface area contributed by atoms with Crippen LogP contribution in [0.4, 0.5) is 5.69 Å². The fourth-order valence-electron chi connectivity index (χ4n) is 5.07. The number of rotatable bonds is 2. The van der Waals surface area contributed by atoms with Gasteiger partial charge in [0.05, 0.1) is 5.41 Å². The van der Waals surface area contributed by atoms with Crippen molar-refractivity contribution in [1.29, 1.82) is 0 Å². The van der Waals surface area contributed by atoms with Crippen LogP contribution < -0.4 is 9.64 Å². The lowest BCUT2D eigenvalue weighted by Gasteiger charge is -2.47. The number of ether oxygens (including phenoxy) is 2. The summed E-state index contributed by atoms with van der Waals surface area (Å²) in [4.78, 5) is 15.0. The number of anilines is 1. The van der Waals surface area contributed by atoms with E-state index in [0.717, 1.165) is 28.0 Å². The van der Waals surface area contributed by atoms with E-state index in [0.29, 0.717) is 0 Å². The summed E-state index contributed by atoms with van der Waals surface area (Å²) >= 11 is 0. The third-order valence-corrected chi connectivity index (χ3v) is 6.54. The summed E-state index contributed by atoms with van der Waals surface area (Å²) in [6.45, 7) is 10.1. The van der Waals surface area contributed by atoms with Crippen LogP contribution in [0.3, 0.4) is 0 Å². The van der Waals surface area contributed by atoms with Gasteiger partial charge in [-0.25, -0.2) is 0 Å². The van der Waals surface area contributed by atoms with Crippen molar-refractivity contribution >= 4 is 28.5 Å². The molecule has 1 spiro atoms. The van der Waals surface area contributed by atoms with Crippen LogP contribution in [0.5, 0.6) is 5.75 Å². The van der Waals surface area contributed by atoms with Crippen LogP contribution >= 0.6 is 0 Å². The van der Waals surface area contributed by atoms with Gasteiger partial charge in [-0.05, 0) is 75.2 Å². The molecule has 1 atom stereocenters. The Kier molecular flexibility index (Phi) is 4.42. The molecule has 1 unspecified atom stereocenters. The van der Waals surface area contributed by atoms with Gasteiger partial charge in [-0.1, -0.05) is 48.5 Å². The zero-order chi connectivity index (χ0) is 22.7. The van der Waals surface area contributed by atoms with E-state index in [2.05, 4.69) is 61.2 Å². The second-order valence-corrected chi connectivity index (χ2v) is 10.1. The second-order valence-electron chi connectivity index (χ2n) is 10.1. The number of esters is 1. The number of hydrogen-bond donors (Lipinski definition) is 0. The lowest BCUT2D eigenvalue weighted by molar-refractivity contribution is -0.153. The van der Waals surface area contributed by atoms with Crippen LogP contribution in [0.1, 0.15) is 45.7 Å². The van der Waals surface area contributed by atoms with E-state index in [-0.39, 0.29) is 12.5 Å². The first-order valence-electron chi connectivity index (χ1n) is 11.1. The van der Waals surface area contributed by atoms with Gasteiger partial charge in [0, 0.05) is 11.3 Å². The monoisotopic (exact) mass is 427 g/mol. The molecule has 0 saturated carbocycles. The Morgan fingerprint density at radius 1 is 1.00 bits per heavy atom. The van der Waals surface area contributed by atoms with Crippen LogP contribution in [-0.2, 0) is 14.9 Å². The summed E-state index contributed by atoms with van der Waals surface area (Å²) in [7, 11) is 0. The molecule has 32 heavy (non-hydrogen) atoms. The predicted octanol–water partition coefficient (Wildman–Crippen LogP) is 6.08. The van der Waals surface area contributed by atoms with Gasteiger partial charge < -0.3 is 14.4 Å². The molecule has 0 saturated heterocycles. The lowest BCUT2D eigenvalue weighted by atomic mass is 9.76. The van der Waals surface area contributed by atoms with Crippen LogP contribution in [0.25, 0.3) is 16.8 Å². The van der Waals surface area contributed by atoms with Gasteiger partial charge in [0.1, 0.15) is 17.9 Å². The van der Waals surface area contributed by atoms with Crippen molar-refractivity contribution in [1.82, 2.24) is 0 Å². The summed E-state index contributed by atoms with van der Waals surface area (Å²) in [5, 5.41) is 2.33. The van der Waals surface area contributed by atoms with Crippen molar-refractivity contribution < 1.29 is 14.3 Å². The predicted molar refractivity (Wildman–Crippen MR) is 129 cm³/mol. The first-order valence-corrected chi connectivity index (χ1v) is 11.1. The Labute approximate surface area is 189 Å². The Bertz CT molecular complexity index is 1250. The highest BCUT2D eigenvalue weighted by molar-refractivity contribution is 5.94. The molecule has 0 radical (unpaired) electrons. The van der Waals surface area contributed by atoms with E-state index >= 15 is 0 Å². The summed E-state index contributed by atoms with van der Waals surface area (Å²) in [6, 6.07) is 20.7. The van der Waals surface area contributed by atoms with Crippen molar-refractivity contribution in [3.8, 4) is 5.75 Å². The van der Waals surface area contributed by atoms with Gasteiger partial charge in [0.25, 0.3) is 0 Å². The third kappa shape index (κ3) is 3.01. The van der Waals surface area contributed by atoms with Crippen LogP contribution in [0, 0.1) is 0 Å². The fraction of sp³-hybridized carbons (Fsp3) is 0.321. The summed E-state index contributed by atoms with van der Waals surface area (Å²) in [5.74, 6) is 0.548. The Balaban J connectivity index is 1.64. The minimum Gasteiger partial charge on any atom is -0.463 e. The van der Waals surface area contributed by atoms with E-state index in [1.165, 1.54) is 5.39 Å². The minimum atomic E-state index is -0.844. The Morgan fingerprint density at radius 3 is 2.50 bits per heavy atom. The quantitative estimate of drug-likeness (QED) is 0.465. The van der Waals surface area contributed by atoms with Crippen molar-refractivity contribution in [2.75, 3.05) is 11.4 Å². The molecule has 3 aromatic rings. The number of carbonyl (C=O) groups excluding carboxylic acids is 1. The molecule has 164 valence electrons. The van der Waals surface area contributed by atoms with E-state index in [4.69, 9.17) is 9.47 Å². The molecule has 2 aliphatic rings. The number of nitrogens with zero attached hydrogens (tertiary/aromatic N) is 1. The fourth-order valence-corrected chi connectivity index (χ4v) is 5.07. The molecule has 0 fully saturated rings. The van der Waals surface area contributed by atoms with Crippen LogP contribution in [0.15, 0.2) is 66.7 Å². The van der Waals surface area contributed by atoms with Gasteiger partial charge >= 0.3 is 5.97 Å². The maximum Gasteiger partial charge on any atom is 0.326 e. The van der Waals surface area contributed by atoms with Gasteiger partial charge in [-0.3, -0.25) is 4.79 Å². The number of carbonyl (C=O) groups is 1. The molecule has 4 nitrogen and oxygen atoms in total. The summed E-state index contributed by atoms with van der Waals surface area (Å²) < 4.78 is 12.5. The highest BCUT2D eigenvalue weighted by Crippen LogP contribution is 2.55. The number of hydrogen-bond acceptors (Lipinski definition) is 4. The van der Waals surface area contributed by atoms with Gasteiger partial charge in [0.2, 0.25) is 5.72 Å². The van der Waals surface area contributed by atoms with Crippen molar-refractivity contribution in [2.45, 2.75) is 51.4 Å². The van der Waals surface area contributed by atoms with Crippen molar-refractivity contribution in [2.24, 2.45) is 0 Å². The highest BCUT2D eigenvalue weighted by Gasteiger charge is 2.59. The van der Waals surface area contributed by atoms with E-state index in [1.807, 2.05) is 51.1 Å². The zero-order valence-corrected chi connectivity index (χ0v) is 19.3. The Hall–Kier alpha value is -3.27. The molecular weight excluding hydrogens is 398 g/mol. The van der Waals surface area contributed by atoms with Gasteiger partial charge in [-0.2, -0.15) is 0 Å². The molecule has 0 aromatic heterocycles. The number of benzene rings is 3. The topological polar surface area (TPSA) is 38.8 Å². The average molecular weight is 428 g/mol. The standard InChI is InChI=1S/C28H29NO3/c1-26(2,3)32-25(30)18-29-23-13-9-8-12-22(23)27(4,5)28(29)17-16-21-20-11-7-6-10-19(20)14-15-24(21)31-28/h6-17H,18H2,1-5H3. The number of para-hydroxylation sites is 1. The number of fused-ring (bicyclic) bond motifs is 4. The maximum atomic E-state index is 12.9.